The van der Waals surface area contributed by atoms with Crippen LogP contribution in [-0.4, -0.2) is 32.6 Å². The average molecular weight is 236 g/mol. The van der Waals surface area contributed by atoms with Crippen molar-refractivity contribution in [2.45, 2.75) is 13.8 Å². The molecule has 0 bridgehead atoms. The fourth-order valence-electron chi connectivity index (χ4n) is 1.33. The van der Waals surface area contributed by atoms with Gasteiger partial charge in [0.05, 0.1) is 0 Å². The first kappa shape index (κ1) is 11.1. The second kappa shape index (κ2) is 4.24. The molecule has 0 aliphatic heterocycles. The molecule has 8 nitrogen and oxygen atoms in total. The van der Waals surface area contributed by atoms with E-state index in [1.54, 1.807) is 13.8 Å². The highest BCUT2D eigenvalue weighted by Crippen LogP contribution is 2.18. The molecule has 1 amide bonds. The number of anilines is 1. The van der Waals surface area contributed by atoms with E-state index in [9.17, 15) is 4.79 Å². The van der Waals surface area contributed by atoms with Crippen LogP contribution in [0.2, 0.25) is 0 Å². The molecule has 2 rings (SSSR count). The van der Waals surface area contributed by atoms with Gasteiger partial charge in [0.1, 0.15) is 11.3 Å². The van der Waals surface area contributed by atoms with Gasteiger partial charge in [-0.25, -0.2) is 14.8 Å². The van der Waals surface area contributed by atoms with Crippen LogP contribution in [0.4, 0.5) is 10.6 Å². The van der Waals surface area contributed by atoms with Crippen molar-refractivity contribution in [3.05, 3.63) is 5.82 Å². The van der Waals surface area contributed by atoms with Crippen molar-refractivity contribution >= 4 is 23.1 Å². The van der Waals surface area contributed by atoms with Crippen LogP contribution in [0.5, 0.6) is 6.01 Å². The topological polar surface area (TPSA) is 119 Å². The number of rotatable bonds is 2. The Hall–Kier alpha value is -2.38. The number of aromatic nitrogens is 4. The number of imidazole rings is 1. The predicted molar refractivity (Wildman–Crippen MR) is 60.5 cm³/mol. The van der Waals surface area contributed by atoms with Crippen molar-refractivity contribution in [2.75, 3.05) is 12.3 Å². The number of nitrogen functional groups attached to an aromatic ring is 1. The molecule has 0 aliphatic carbocycles. The fourth-order valence-corrected chi connectivity index (χ4v) is 1.33. The first-order valence-corrected chi connectivity index (χ1v) is 5.05. The number of aryl methyl sites for hydroxylation is 1. The van der Waals surface area contributed by atoms with Crippen LogP contribution in [0.3, 0.4) is 0 Å². The minimum Gasteiger partial charge on any atom is -0.382 e. The Morgan fingerprint density at radius 3 is 2.94 bits per heavy atom. The van der Waals surface area contributed by atoms with E-state index in [0.29, 0.717) is 23.5 Å². The third-order valence-corrected chi connectivity index (χ3v) is 1.98. The van der Waals surface area contributed by atoms with Crippen LogP contribution < -0.4 is 15.8 Å². The monoisotopic (exact) mass is 236 g/mol. The quantitative estimate of drug-likeness (QED) is 0.692. The standard InChI is InChI=1S/C9H12N6O2/c1-3-11-9(16)17-8-14-5-6(10)12-4(2)13-7(5)15-8/h3H2,1-2H3,(H,11,16)(H3,10,12,13,14,15). The average Bonchev–Trinajstić information content (AvgIpc) is 2.60. The normalized spacial score (nSPS) is 10.5. The highest BCUT2D eigenvalue weighted by molar-refractivity contribution is 5.82. The lowest BCUT2D eigenvalue weighted by molar-refractivity contribution is 0.197. The second-order valence-corrected chi connectivity index (χ2v) is 3.32. The maximum atomic E-state index is 11.2. The Bertz CT molecular complexity index is 564. The molecule has 17 heavy (non-hydrogen) atoms. The zero-order chi connectivity index (χ0) is 12.4. The molecule has 90 valence electrons. The lowest BCUT2D eigenvalue weighted by atomic mass is 10.5. The molecule has 2 aromatic rings. The Labute approximate surface area is 96.6 Å². The molecule has 0 saturated carbocycles. The summed E-state index contributed by atoms with van der Waals surface area (Å²) in [5, 5.41) is 2.48. The molecule has 0 radical (unpaired) electrons. The number of carbonyl (C=O) groups is 1. The molecular weight excluding hydrogens is 224 g/mol. The minimum absolute atomic E-state index is 0.0394. The molecule has 0 fully saturated rings. The lowest BCUT2D eigenvalue weighted by Gasteiger charge is -1.99. The van der Waals surface area contributed by atoms with Crippen molar-refractivity contribution in [2.24, 2.45) is 0 Å². The van der Waals surface area contributed by atoms with E-state index >= 15 is 0 Å². The number of H-pyrrole nitrogens is 1. The molecule has 0 saturated heterocycles. The molecular formula is C9H12N6O2. The SMILES string of the molecule is CCNC(=O)Oc1nc2nc(C)nc(N)c2[nH]1. The fraction of sp³-hybridized carbons (Fsp3) is 0.333. The zero-order valence-electron chi connectivity index (χ0n) is 9.44. The molecule has 0 aromatic carbocycles. The second-order valence-electron chi connectivity index (χ2n) is 3.32. The summed E-state index contributed by atoms with van der Waals surface area (Å²) in [6.07, 6.45) is -0.588. The van der Waals surface area contributed by atoms with E-state index in [-0.39, 0.29) is 11.8 Å². The zero-order valence-corrected chi connectivity index (χ0v) is 9.44. The van der Waals surface area contributed by atoms with Crippen LogP contribution in [0.15, 0.2) is 0 Å². The van der Waals surface area contributed by atoms with Gasteiger partial charge in [0.25, 0.3) is 0 Å². The van der Waals surface area contributed by atoms with E-state index in [1.807, 2.05) is 0 Å². The number of amides is 1. The molecule has 2 heterocycles. The number of nitrogens with one attached hydrogen (secondary N) is 2. The smallest absolute Gasteiger partial charge is 0.382 e. The maximum Gasteiger partial charge on any atom is 0.415 e. The van der Waals surface area contributed by atoms with Gasteiger partial charge in [0, 0.05) is 6.54 Å². The van der Waals surface area contributed by atoms with Crippen LogP contribution in [0.25, 0.3) is 11.2 Å². The van der Waals surface area contributed by atoms with Crippen molar-refractivity contribution in [1.29, 1.82) is 0 Å². The van der Waals surface area contributed by atoms with Crippen LogP contribution in [0.1, 0.15) is 12.7 Å². The van der Waals surface area contributed by atoms with Crippen LogP contribution in [0, 0.1) is 6.92 Å². The summed E-state index contributed by atoms with van der Waals surface area (Å²) in [5.41, 5.74) is 6.50. The number of hydrogen-bond acceptors (Lipinski definition) is 6. The Kier molecular flexibility index (Phi) is 2.77. The maximum absolute atomic E-state index is 11.2. The van der Waals surface area contributed by atoms with E-state index in [0.717, 1.165) is 0 Å². The minimum atomic E-state index is -0.588. The van der Waals surface area contributed by atoms with Crippen molar-refractivity contribution < 1.29 is 9.53 Å². The summed E-state index contributed by atoms with van der Waals surface area (Å²) in [4.78, 5) is 25.9. The van der Waals surface area contributed by atoms with Crippen molar-refractivity contribution in [3.8, 4) is 6.01 Å². The van der Waals surface area contributed by atoms with E-state index < -0.39 is 6.09 Å². The van der Waals surface area contributed by atoms with Gasteiger partial charge in [-0.3, -0.25) is 0 Å². The van der Waals surface area contributed by atoms with Gasteiger partial charge < -0.3 is 20.8 Å². The first-order valence-electron chi connectivity index (χ1n) is 5.05. The Morgan fingerprint density at radius 1 is 1.47 bits per heavy atom. The van der Waals surface area contributed by atoms with Gasteiger partial charge in [-0.2, -0.15) is 4.98 Å². The van der Waals surface area contributed by atoms with Gasteiger partial charge >= 0.3 is 12.1 Å². The number of nitrogens with two attached hydrogens (primary N) is 1. The summed E-state index contributed by atoms with van der Waals surface area (Å²) >= 11 is 0. The predicted octanol–water partition coefficient (Wildman–Crippen LogP) is 0.352. The molecule has 0 atom stereocenters. The molecule has 2 aromatic heterocycles. The van der Waals surface area contributed by atoms with E-state index in [2.05, 4.69) is 25.3 Å². The van der Waals surface area contributed by atoms with Gasteiger partial charge in [0.2, 0.25) is 0 Å². The van der Waals surface area contributed by atoms with Gasteiger partial charge in [-0.1, -0.05) is 0 Å². The number of ether oxygens (including phenoxy) is 1. The number of carbonyl (C=O) groups excluding carboxylic acids is 1. The summed E-state index contributed by atoms with van der Waals surface area (Å²) < 4.78 is 4.89. The molecule has 4 N–H and O–H groups in total. The molecule has 0 unspecified atom stereocenters. The third kappa shape index (κ3) is 2.25. The summed E-state index contributed by atoms with van der Waals surface area (Å²) in [6, 6.07) is 0.0394. The van der Waals surface area contributed by atoms with E-state index in [1.165, 1.54) is 0 Å². The first-order chi connectivity index (χ1) is 8.10. The molecule has 0 spiro atoms. The lowest BCUT2D eigenvalue weighted by Crippen LogP contribution is -2.26. The third-order valence-electron chi connectivity index (χ3n) is 1.98. The number of aromatic amines is 1. The molecule has 8 heteroatoms. The van der Waals surface area contributed by atoms with Gasteiger partial charge in [-0.05, 0) is 13.8 Å². The number of hydrogen-bond donors (Lipinski definition) is 3. The summed E-state index contributed by atoms with van der Waals surface area (Å²) in [7, 11) is 0. The molecule has 0 aliphatic rings. The highest BCUT2D eigenvalue weighted by atomic mass is 16.6. The van der Waals surface area contributed by atoms with E-state index in [4.69, 9.17) is 10.5 Å². The van der Waals surface area contributed by atoms with Crippen LogP contribution >= 0.6 is 0 Å². The Balaban J connectivity index is 2.32. The van der Waals surface area contributed by atoms with Gasteiger partial charge in [0.15, 0.2) is 11.5 Å². The summed E-state index contributed by atoms with van der Waals surface area (Å²) in [6.45, 7) is 3.96. The summed E-state index contributed by atoms with van der Waals surface area (Å²) in [5.74, 6) is 0.775. The van der Waals surface area contributed by atoms with Crippen molar-refractivity contribution in [3.63, 3.8) is 0 Å². The highest BCUT2D eigenvalue weighted by Gasteiger charge is 2.12. The van der Waals surface area contributed by atoms with Crippen molar-refractivity contribution in [1.82, 2.24) is 25.3 Å². The van der Waals surface area contributed by atoms with Crippen LogP contribution in [-0.2, 0) is 0 Å². The Morgan fingerprint density at radius 2 is 2.24 bits per heavy atom. The number of nitrogens with zero attached hydrogens (tertiary/aromatic N) is 3. The largest absolute Gasteiger partial charge is 0.415 e. The van der Waals surface area contributed by atoms with Gasteiger partial charge in [-0.15, -0.1) is 0 Å². The number of fused-ring (bicyclic) bond motifs is 1.